The number of carbonyl (C=O) groups excluding carboxylic acids is 1. The van der Waals surface area contributed by atoms with Crippen LogP contribution in [-0.2, 0) is 10.0 Å². The molecule has 1 aliphatic carbocycles. The summed E-state index contributed by atoms with van der Waals surface area (Å²) in [5.74, 6) is 0.0529. The third kappa shape index (κ3) is 4.34. The third-order valence-electron chi connectivity index (χ3n) is 6.59. The van der Waals surface area contributed by atoms with Crippen LogP contribution in [0.4, 0.5) is 5.69 Å². The van der Waals surface area contributed by atoms with Gasteiger partial charge in [0.2, 0.25) is 10.0 Å². The lowest BCUT2D eigenvalue weighted by Crippen LogP contribution is -2.46. The molecule has 0 radical (unpaired) electrons. The van der Waals surface area contributed by atoms with Gasteiger partial charge in [0, 0.05) is 22.9 Å². The molecule has 3 aromatic rings. The van der Waals surface area contributed by atoms with Crippen LogP contribution in [0.3, 0.4) is 0 Å². The zero-order valence-corrected chi connectivity index (χ0v) is 21.6. The van der Waals surface area contributed by atoms with Crippen molar-refractivity contribution in [3.8, 4) is 5.69 Å². The van der Waals surface area contributed by atoms with Gasteiger partial charge in [-0.2, -0.15) is 5.10 Å². The SMILES string of the molecule is CNC(=O)c1c2cc(C3CC3)c(N(C3CCNCC3)S(C)(=O)=O)cc2nn1-c1ccc(Br)cc1. The Morgan fingerprint density at radius 2 is 1.82 bits per heavy atom. The molecule has 0 atom stereocenters. The van der Waals surface area contributed by atoms with E-state index in [1.54, 1.807) is 16.0 Å². The molecule has 2 heterocycles. The van der Waals surface area contributed by atoms with Crippen LogP contribution in [0.5, 0.6) is 0 Å². The van der Waals surface area contributed by atoms with Crippen molar-refractivity contribution < 1.29 is 13.2 Å². The molecule has 1 aromatic heterocycles. The van der Waals surface area contributed by atoms with Crippen LogP contribution in [0.15, 0.2) is 40.9 Å². The lowest BCUT2D eigenvalue weighted by Gasteiger charge is -2.35. The van der Waals surface area contributed by atoms with Crippen molar-refractivity contribution in [2.45, 2.75) is 37.6 Å². The van der Waals surface area contributed by atoms with Gasteiger partial charge < -0.3 is 10.6 Å². The number of rotatable bonds is 6. The molecule has 1 amide bonds. The largest absolute Gasteiger partial charge is 0.354 e. The van der Waals surface area contributed by atoms with Crippen LogP contribution < -0.4 is 14.9 Å². The number of nitrogens with one attached hydrogen (secondary N) is 2. The number of hydrogen-bond acceptors (Lipinski definition) is 5. The number of carbonyl (C=O) groups is 1. The maximum Gasteiger partial charge on any atom is 0.270 e. The van der Waals surface area contributed by atoms with E-state index in [-0.39, 0.29) is 11.9 Å². The van der Waals surface area contributed by atoms with E-state index in [1.165, 1.54) is 6.26 Å². The minimum absolute atomic E-state index is 0.0989. The number of halogens is 1. The molecule has 10 heteroatoms. The highest BCUT2D eigenvalue weighted by Gasteiger charge is 2.35. The standard InChI is InChI=1S/C24H28BrN5O3S/c1-26-24(31)23-20-13-19(15-3-4-15)22(30(34(2,32)33)18-9-11-27-12-10-18)14-21(20)28-29(23)17-7-5-16(25)6-8-17/h5-8,13-15,18,27H,3-4,9-12H2,1-2H3,(H,26,31). The molecule has 8 nitrogen and oxygen atoms in total. The van der Waals surface area contributed by atoms with Gasteiger partial charge in [-0.05, 0) is 86.7 Å². The summed E-state index contributed by atoms with van der Waals surface area (Å²) in [7, 11) is -1.91. The predicted molar refractivity (Wildman–Crippen MR) is 137 cm³/mol. The van der Waals surface area contributed by atoms with Crippen molar-refractivity contribution in [1.29, 1.82) is 0 Å². The van der Waals surface area contributed by atoms with Gasteiger partial charge in [-0.3, -0.25) is 9.10 Å². The summed E-state index contributed by atoms with van der Waals surface area (Å²) in [6.45, 7) is 1.58. The van der Waals surface area contributed by atoms with Gasteiger partial charge in [0.1, 0.15) is 5.69 Å². The van der Waals surface area contributed by atoms with Crippen LogP contribution in [-0.4, -0.2) is 56.5 Å². The van der Waals surface area contributed by atoms with Crippen molar-refractivity contribution in [3.05, 3.63) is 52.1 Å². The summed E-state index contributed by atoms with van der Waals surface area (Å²) in [5.41, 5.74) is 3.49. The average molecular weight is 546 g/mol. The molecule has 0 spiro atoms. The van der Waals surface area contributed by atoms with Crippen LogP contribution >= 0.6 is 15.9 Å². The number of aromatic nitrogens is 2. The summed E-state index contributed by atoms with van der Waals surface area (Å²) in [6, 6.07) is 11.4. The first kappa shape index (κ1) is 23.3. The number of benzene rings is 2. The molecule has 1 saturated carbocycles. The maximum atomic E-state index is 13.1. The number of hydrogen-bond donors (Lipinski definition) is 2. The first-order chi connectivity index (χ1) is 16.3. The van der Waals surface area contributed by atoms with E-state index in [4.69, 9.17) is 5.10 Å². The summed E-state index contributed by atoms with van der Waals surface area (Å²) in [4.78, 5) is 13.0. The normalized spacial score (nSPS) is 17.1. The Bertz CT molecular complexity index is 1340. The summed E-state index contributed by atoms with van der Waals surface area (Å²) in [6.07, 6.45) is 4.82. The van der Waals surface area contributed by atoms with Crippen molar-refractivity contribution in [3.63, 3.8) is 0 Å². The second kappa shape index (κ2) is 8.98. The molecule has 1 saturated heterocycles. The second-order valence-corrected chi connectivity index (χ2v) is 11.8. The van der Waals surface area contributed by atoms with Crippen molar-refractivity contribution in [2.24, 2.45) is 0 Å². The topological polar surface area (TPSA) is 96.3 Å². The number of piperidine rings is 1. The minimum atomic E-state index is -3.51. The lowest BCUT2D eigenvalue weighted by molar-refractivity contribution is 0.0957. The molecule has 34 heavy (non-hydrogen) atoms. The highest BCUT2D eigenvalue weighted by atomic mass is 79.9. The fourth-order valence-electron chi connectivity index (χ4n) is 4.84. The van der Waals surface area contributed by atoms with Gasteiger partial charge in [0.15, 0.2) is 0 Å². The predicted octanol–water partition coefficient (Wildman–Crippen LogP) is 3.54. The second-order valence-electron chi connectivity index (χ2n) is 9.06. The fourth-order valence-corrected chi connectivity index (χ4v) is 6.38. The Balaban J connectivity index is 1.75. The Hall–Kier alpha value is -2.43. The number of sulfonamides is 1. The number of anilines is 1. The molecule has 5 rings (SSSR count). The summed E-state index contributed by atoms with van der Waals surface area (Å²) >= 11 is 3.45. The van der Waals surface area contributed by atoms with Crippen LogP contribution in [0, 0.1) is 0 Å². The molecule has 180 valence electrons. The highest BCUT2D eigenvalue weighted by molar-refractivity contribution is 9.10. The Labute approximate surface area is 207 Å². The third-order valence-corrected chi connectivity index (χ3v) is 8.32. The first-order valence-corrected chi connectivity index (χ1v) is 14.2. The average Bonchev–Trinajstić information content (AvgIpc) is 3.59. The van der Waals surface area contributed by atoms with Crippen molar-refractivity contribution in [1.82, 2.24) is 20.4 Å². The number of amides is 1. The molecule has 2 aromatic carbocycles. The van der Waals surface area contributed by atoms with Gasteiger partial charge in [-0.15, -0.1) is 0 Å². The number of nitrogens with zero attached hydrogens (tertiary/aromatic N) is 3. The summed E-state index contributed by atoms with van der Waals surface area (Å²) < 4.78 is 30.3. The zero-order chi connectivity index (χ0) is 24.0. The van der Waals surface area contributed by atoms with Gasteiger partial charge in [0.25, 0.3) is 5.91 Å². The minimum Gasteiger partial charge on any atom is -0.354 e. The smallest absolute Gasteiger partial charge is 0.270 e. The molecule has 1 aliphatic heterocycles. The van der Waals surface area contributed by atoms with Gasteiger partial charge in [-0.25, -0.2) is 13.1 Å². The Morgan fingerprint density at radius 3 is 2.41 bits per heavy atom. The number of fused-ring (bicyclic) bond motifs is 1. The van der Waals surface area contributed by atoms with Crippen molar-refractivity contribution >= 4 is 48.5 Å². The molecule has 2 aliphatic rings. The molecule has 0 unspecified atom stereocenters. The van der Waals surface area contributed by atoms with Crippen LogP contribution in [0.25, 0.3) is 16.6 Å². The lowest BCUT2D eigenvalue weighted by atomic mass is 10.0. The highest BCUT2D eigenvalue weighted by Crippen LogP contribution is 2.47. The fraction of sp³-hybridized carbons (Fsp3) is 0.417. The van der Waals surface area contributed by atoms with E-state index < -0.39 is 10.0 Å². The van der Waals surface area contributed by atoms with Crippen LogP contribution in [0.2, 0.25) is 0 Å². The van der Waals surface area contributed by atoms with Gasteiger partial charge in [-0.1, -0.05) is 15.9 Å². The Kier molecular flexibility index (Phi) is 6.16. The van der Waals surface area contributed by atoms with Crippen molar-refractivity contribution in [2.75, 3.05) is 30.7 Å². The maximum absolute atomic E-state index is 13.1. The van der Waals surface area contributed by atoms with E-state index >= 15 is 0 Å². The quantitative estimate of drug-likeness (QED) is 0.493. The van der Waals surface area contributed by atoms with E-state index in [1.807, 2.05) is 36.4 Å². The molecule has 0 bridgehead atoms. The van der Waals surface area contributed by atoms with Gasteiger partial charge in [0.05, 0.1) is 23.1 Å². The Morgan fingerprint density at radius 1 is 1.15 bits per heavy atom. The van der Waals surface area contributed by atoms with E-state index in [0.29, 0.717) is 22.8 Å². The zero-order valence-electron chi connectivity index (χ0n) is 19.2. The van der Waals surface area contributed by atoms with E-state index in [9.17, 15) is 13.2 Å². The van der Waals surface area contributed by atoms with E-state index in [2.05, 4.69) is 26.6 Å². The molecule has 2 N–H and O–H groups in total. The van der Waals surface area contributed by atoms with E-state index in [0.717, 1.165) is 59.9 Å². The molecular formula is C24H28BrN5O3S. The molecular weight excluding hydrogens is 518 g/mol. The molecule has 2 fully saturated rings. The monoisotopic (exact) mass is 545 g/mol. The summed E-state index contributed by atoms with van der Waals surface area (Å²) in [5, 5.41) is 11.6. The van der Waals surface area contributed by atoms with Gasteiger partial charge >= 0.3 is 0 Å². The van der Waals surface area contributed by atoms with Crippen LogP contribution in [0.1, 0.15) is 47.7 Å². The first-order valence-electron chi connectivity index (χ1n) is 11.5.